The fraction of sp³-hybridized carbons (Fsp3) is 0.0588. The average molecular weight is 421 g/mol. The number of halogens is 1. The summed E-state index contributed by atoms with van der Waals surface area (Å²) in [6.45, 7) is 1.87. The van der Waals surface area contributed by atoms with Crippen molar-refractivity contribution < 1.29 is 13.3 Å². The quantitative estimate of drug-likeness (QED) is 0.467. The van der Waals surface area contributed by atoms with E-state index in [2.05, 4.69) is 15.9 Å². The van der Waals surface area contributed by atoms with Gasteiger partial charge >= 0.3 is 0 Å². The maximum absolute atomic E-state index is 13.0. The lowest BCUT2D eigenvalue weighted by atomic mass is 10.2. The van der Waals surface area contributed by atoms with Crippen LogP contribution in [0.1, 0.15) is 11.1 Å². The largest absolute Gasteiger partial charge is 0.268 e. The number of fused-ring (bicyclic) bond motifs is 1. The second-order valence-electron chi connectivity index (χ2n) is 5.46. The minimum absolute atomic E-state index is 0.155. The number of aromatic nitrogens is 1. The molecule has 0 aliphatic rings. The minimum atomic E-state index is -3.82. The Labute approximate surface area is 152 Å². The van der Waals surface area contributed by atoms with Crippen molar-refractivity contribution in [2.75, 3.05) is 0 Å². The van der Waals surface area contributed by atoms with Crippen LogP contribution < -0.4 is 0 Å². The molecule has 1 aromatic heterocycles. The van der Waals surface area contributed by atoms with Gasteiger partial charge in [0, 0.05) is 27.7 Å². The first kappa shape index (κ1) is 17.4. The maximum atomic E-state index is 13.0. The summed E-state index contributed by atoms with van der Waals surface area (Å²) in [7, 11) is -3.82. The SMILES string of the molecule is Cc1ccc(S(=O)(=O)n2cc(/C=C/[N+](=O)[O-])c3cc(Br)ccc32)cc1. The highest BCUT2D eigenvalue weighted by Crippen LogP contribution is 2.29. The minimum Gasteiger partial charge on any atom is -0.259 e. The van der Waals surface area contributed by atoms with Gasteiger partial charge in [0.15, 0.2) is 0 Å². The Morgan fingerprint density at radius 3 is 2.48 bits per heavy atom. The Balaban J connectivity index is 2.25. The Morgan fingerprint density at radius 1 is 1.16 bits per heavy atom. The summed E-state index contributed by atoms with van der Waals surface area (Å²) in [5.41, 5.74) is 1.85. The third kappa shape index (κ3) is 3.35. The molecular formula is C17H13BrN2O4S. The fourth-order valence-corrected chi connectivity index (χ4v) is 4.23. The van der Waals surface area contributed by atoms with E-state index in [1.54, 1.807) is 42.5 Å². The highest BCUT2D eigenvalue weighted by Gasteiger charge is 2.21. The van der Waals surface area contributed by atoms with Gasteiger partial charge in [0.2, 0.25) is 6.20 Å². The Bertz CT molecular complexity index is 1100. The summed E-state index contributed by atoms with van der Waals surface area (Å²) in [6.07, 6.45) is 3.47. The number of benzene rings is 2. The van der Waals surface area contributed by atoms with Crippen molar-refractivity contribution in [3.63, 3.8) is 0 Å². The van der Waals surface area contributed by atoms with E-state index >= 15 is 0 Å². The van der Waals surface area contributed by atoms with Crippen molar-refractivity contribution >= 4 is 42.9 Å². The van der Waals surface area contributed by atoms with Gasteiger partial charge in [-0.15, -0.1) is 0 Å². The van der Waals surface area contributed by atoms with E-state index in [1.165, 1.54) is 12.3 Å². The molecule has 0 spiro atoms. The van der Waals surface area contributed by atoms with Gasteiger partial charge in [0.1, 0.15) is 0 Å². The molecule has 0 bridgehead atoms. The van der Waals surface area contributed by atoms with Gasteiger partial charge in [-0.2, -0.15) is 0 Å². The summed E-state index contributed by atoms with van der Waals surface area (Å²) in [4.78, 5) is 10.2. The topological polar surface area (TPSA) is 82.2 Å². The molecule has 8 heteroatoms. The van der Waals surface area contributed by atoms with Crippen LogP contribution in [0.3, 0.4) is 0 Å². The smallest absolute Gasteiger partial charge is 0.259 e. The Morgan fingerprint density at radius 2 is 1.84 bits per heavy atom. The Kier molecular flexibility index (Phi) is 4.49. The highest BCUT2D eigenvalue weighted by molar-refractivity contribution is 9.10. The first-order chi connectivity index (χ1) is 11.8. The second-order valence-corrected chi connectivity index (χ2v) is 8.19. The van der Waals surface area contributed by atoms with E-state index in [9.17, 15) is 18.5 Å². The van der Waals surface area contributed by atoms with Gasteiger partial charge in [0.05, 0.1) is 15.3 Å². The number of nitrogens with zero attached hydrogens (tertiary/aromatic N) is 2. The predicted molar refractivity (Wildman–Crippen MR) is 99.4 cm³/mol. The Hall–Kier alpha value is -2.45. The summed E-state index contributed by atoms with van der Waals surface area (Å²) in [6, 6.07) is 11.7. The van der Waals surface area contributed by atoms with Crippen molar-refractivity contribution in [2.24, 2.45) is 0 Å². The standard InChI is InChI=1S/C17H13BrN2O4S/c1-12-2-5-15(6-3-12)25(23,24)19-11-13(8-9-20(21)22)16-10-14(18)4-7-17(16)19/h2-11H,1H3/b9-8+. The number of hydrogen-bond donors (Lipinski definition) is 0. The zero-order valence-corrected chi connectivity index (χ0v) is 15.5. The van der Waals surface area contributed by atoms with Crippen LogP contribution in [0.4, 0.5) is 0 Å². The summed E-state index contributed by atoms with van der Waals surface area (Å²) < 4.78 is 27.9. The molecule has 0 saturated heterocycles. The number of aryl methyl sites for hydroxylation is 1. The van der Waals surface area contributed by atoms with Crippen LogP contribution in [0.25, 0.3) is 17.0 Å². The molecule has 0 atom stereocenters. The molecule has 0 N–H and O–H groups in total. The highest BCUT2D eigenvalue weighted by atomic mass is 79.9. The molecule has 3 aromatic rings. The molecule has 0 unspecified atom stereocenters. The first-order valence-corrected chi connectivity index (χ1v) is 9.47. The third-order valence-electron chi connectivity index (χ3n) is 3.72. The number of nitro groups is 1. The van der Waals surface area contributed by atoms with Crippen LogP contribution in [0.15, 0.2) is 64.2 Å². The van der Waals surface area contributed by atoms with Crippen molar-refractivity contribution in [2.45, 2.75) is 11.8 Å². The van der Waals surface area contributed by atoms with E-state index in [1.807, 2.05) is 6.92 Å². The van der Waals surface area contributed by atoms with Gasteiger partial charge in [-0.05, 0) is 37.3 Å². The zero-order valence-electron chi connectivity index (χ0n) is 13.1. The lowest BCUT2D eigenvalue weighted by Crippen LogP contribution is -2.11. The molecule has 0 radical (unpaired) electrons. The van der Waals surface area contributed by atoms with E-state index in [0.29, 0.717) is 16.5 Å². The van der Waals surface area contributed by atoms with E-state index < -0.39 is 14.9 Å². The van der Waals surface area contributed by atoms with Crippen molar-refractivity contribution in [1.29, 1.82) is 0 Å². The lowest BCUT2D eigenvalue weighted by Gasteiger charge is -2.08. The molecule has 2 aromatic carbocycles. The maximum Gasteiger partial charge on any atom is 0.268 e. The van der Waals surface area contributed by atoms with Crippen LogP contribution in [-0.2, 0) is 10.0 Å². The molecule has 3 rings (SSSR count). The van der Waals surface area contributed by atoms with Gasteiger partial charge in [-0.1, -0.05) is 33.6 Å². The van der Waals surface area contributed by atoms with Gasteiger partial charge < -0.3 is 0 Å². The van der Waals surface area contributed by atoms with E-state index in [4.69, 9.17) is 0 Å². The molecule has 128 valence electrons. The summed E-state index contributed by atoms with van der Waals surface area (Å²) >= 11 is 3.34. The van der Waals surface area contributed by atoms with Crippen molar-refractivity contribution in [1.82, 2.24) is 3.97 Å². The van der Waals surface area contributed by atoms with Gasteiger partial charge in [0.25, 0.3) is 10.0 Å². The molecule has 0 aliphatic heterocycles. The third-order valence-corrected chi connectivity index (χ3v) is 5.90. The number of hydrogen-bond acceptors (Lipinski definition) is 4. The average Bonchev–Trinajstić information content (AvgIpc) is 2.92. The molecular weight excluding hydrogens is 408 g/mol. The molecule has 0 aliphatic carbocycles. The fourth-order valence-electron chi connectivity index (χ4n) is 2.49. The lowest BCUT2D eigenvalue weighted by molar-refractivity contribution is -0.400. The molecule has 0 amide bonds. The monoisotopic (exact) mass is 420 g/mol. The van der Waals surface area contributed by atoms with Crippen molar-refractivity contribution in [3.8, 4) is 0 Å². The zero-order chi connectivity index (χ0) is 18.2. The molecule has 6 nitrogen and oxygen atoms in total. The van der Waals surface area contributed by atoms with Gasteiger partial charge in [-0.3, -0.25) is 10.1 Å². The van der Waals surface area contributed by atoms with Crippen LogP contribution in [0, 0.1) is 17.0 Å². The summed E-state index contributed by atoms with van der Waals surface area (Å²) in [5, 5.41) is 11.2. The molecule has 1 heterocycles. The normalized spacial score (nSPS) is 12.1. The first-order valence-electron chi connectivity index (χ1n) is 7.23. The molecule has 0 fully saturated rings. The van der Waals surface area contributed by atoms with Crippen LogP contribution in [0.5, 0.6) is 0 Å². The molecule has 25 heavy (non-hydrogen) atoms. The molecule has 0 saturated carbocycles. The van der Waals surface area contributed by atoms with Crippen LogP contribution in [0.2, 0.25) is 0 Å². The van der Waals surface area contributed by atoms with Crippen molar-refractivity contribution in [3.05, 3.63) is 80.6 Å². The van der Waals surface area contributed by atoms with E-state index in [0.717, 1.165) is 20.2 Å². The van der Waals surface area contributed by atoms with Crippen LogP contribution in [-0.4, -0.2) is 17.3 Å². The number of rotatable bonds is 4. The van der Waals surface area contributed by atoms with Gasteiger partial charge in [-0.25, -0.2) is 12.4 Å². The van der Waals surface area contributed by atoms with E-state index in [-0.39, 0.29) is 4.90 Å². The predicted octanol–water partition coefficient (Wildman–Crippen LogP) is 4.20. The summed E-state index contributed by atoms with van der Waals surface area (Å²) in [5.74, 6) is 0. The van der Waals surface area contributed by atoms with Crippen LogP contribution >= 0.6 is 15.9 Å². The second kappa shape index (κ2) is 6.45.